The van der Waals surface area contributed by atoms with Crippen LogP contribution in [0.25, 0.3) is 0 Å². The van der Waals surface area contributed by atoms with E-state index in [4.69, 9.17) is 0 Å². The number of nitrogens with zero attached hydrogens (tertiary/aromatic N) is 1. The fraction of sp³-hybridized carbons (Fsp3) is 0.381. The molecule has 28 heavy (non-hydrogen) atoms. The maximum atomic E-state index is 13.0. The molecular weight excluding hydrogens is 440 g/mol. The molecule has 0 saturated heterocycles. The highest BCUT2D eigenvalue weighted by Gasteiger charge is 2.26. The van der Waals surface area contributed by atoms with Crippen molar-refractivity contribution in [2.24, 2.45) is 11.8 Å². The Hall–Kier alpha value is -1.70. The summed E-state index contributed by atoms with van der Waals surface area (Å²) in [5.41, 5.74) is 1.05. The van der Waals surface area contributed by atoms with Crippen molar-refractivity contribution in [3.8, 4) is 0 Å². The first-order chi connectivity index (χ1) is 13.1. The van der Waals surface area contributed by atoms with Crippen LogP contribution in [-0.4, -0.2) is 31.7 Å². The smallest absolute Gasteiger partial charge is 0.255 e. The summed E-state index contributed by atoms with van der Waals surface area (Å²) in [7, 11) is -3.61. The number of para-hydroxylation sites is 1. The SMILES string of the molecule is CC(C)CN(CC(C)C)S(=O)(=O)c1ccc(C(=O)Nc2ccccc2Br)cc1. The number of amides is 1. The van der Waals surface area contributed by atoms with E-state index in [0.717, 1.165) is 4.47 Å². The van der Waals surface area contributed by atoms with Crippen molar-refractivity contribution >= 4 is 37.5 Å². The molecule has 1 N–H and O–H groups in total. The average Bonchev–Trinajstić information content (AvgIpc) is 2.62. The van der Waals surface area contributed by atoms with Gasteiger partial charge in [-0.3, -0.25) is 4.79 Å². The van der Waals surface area contributed by atoms with Crippen LogP contribution in [0.3, 0.4) is 0 Å². The van der Waals surface area contributed by atoms with Gasteiger partial charge >= 0.3 is 0 Å². The van der Waals surface area contributed by atoms with Crippen LogP contribution in [-0.2, 0) is 10.0 Å². The highest BCUT2D eigenvalue weighted by Crippen LogP contribution is 2.23. The molecule has 0 spiro atoms. The molecule has 1 amide bonds. The minimum Gasteiger partial charge on any atom is -0.321 e. The zero-order chi connectivity index (χ0) is 20.9. The van der Waals surface area contributed by atoms with Gasteiger partial charge in [0.15, 0.2) is 0 Å². The van der Waals surface area contributed by atoms with Gasteiger partial charge in [-0.2, -0.15) is 4.31 Å². The van der Waals surface area contributed by atoms with Gasteiger partial charge in [0.1, 0.15) is 0 Å². The molecule has 0 aliphatic heterocycles. The van der Waals surface area contributed by atoms with Crippen LogP contribution in [0.4, 0.5) is 5.69 Å². The Bertz CT molecular complexity index is 900. The summed E-state index contributed by atoms with van der Waals surface area (Å²) >= 11 is 3.39. The van der Waals surface area contributed by atoms with Crippen molar-refractivity contribution in [1.29, 1.82) is 0 Å². The normalized spacial score (nSPS) is 12.0. The lowest BCUT2D eigenvalue weighted by Gasteiger charge is -2.25. The molecule has 5 nitrogen and oxygen atoms in total. The summed E-state index contributed by atoms with van der Waals surface area (Å²) in [6, 6.07) is 13.4. The summed E-state index contributed by atoms with van der Waals surface area (Å²) in [6.45, 7) is 8.92. The largest absolute Gasteiger partial charge is 0.321 e. The van der Waals surface area contributed by atoms with Crippen LogP contribution < -0.4 is 5.32 Å². The molecule has 0 unspecified atom stereocenters. The Balaban J connectivity index is 2.21. The van der Waals surface area contributed by atoms with Gasteiger partial charge in [0, 0.05) is 23.1 Å². The first kappa shape index (κ1) is 22.6. The monoisotopic (exact) mass is 466 g/mol. The summed E-state index contributed by atoms with van der Waals surface area (Å²) in [5, 5.41) is 2.81. The van der Waals surface area contributed by atoms with Crippen LogP contribution in [0.5, 0.6) is 0 Å². The Kier molecular flexibility index (Phi) is 7.80. The van der Waals surface area contributed by atoms with Crippen LogP contribution in [0, 0.1) is 11.8 Å². The number of hydrogen-bond donors (Lipinski definition) is 1. The van der Waals surface area contributed by atoms with Crippen LogP contribution in [0.2, 0.25) is 0 Å². The zero-order valence-corrected chi connectivity index (χ0v) is 19.0. The van der Waals surface area contributed by atoms with E-state index in [1.165, 1.54) is 16.4 Å². The van der Waals surface area contributed by atoms with Gasteiger partial charge in [-0.05, 0) is 64.2 Å². The second-order valence-corrected chi connectivity index (χ2v) is 10.4. The Morgan fingerprint density at radius 1 is 0.964 bits per heavy atom. The number of hydrogen-bond acceptors (Lipinski definition) is 3. The average molecular weight is 467 g/mol. The van der Waals surface area contributed by atoms with E-state index in [0.29, 0.717) is 24.3 Å². The summed E-state index contributed by atoms with van der Waals surface area (Å²) in [5.74, 6) is 0.155. The number of carbonyl (C=O) groups is 1. The number of benzene rings is 2. The molecule has 0 aromatic heterocycles. The summed E-state index contributed by atoms with van der Waals surface area (Å²) in [4.78, 5) is 12.7. The third-order valence-electron chi connectivity index (χ3n) is 4.01. The van der Waals surface area contributed by atoms with Gasteiger partial charge in [-0.25, -0.2) is 8.42 Å². The van der Waals surface area contributed by atoms with E-state index in [1.807, 2.05) is 45.9 Å². The van der Waals surface area contributed by atoms with Gasteiger partial charge in [0.25, 0.3) is 5.91 Å². The van der Waals surface area contributed by atoms with Gasteiger partial charge in [0.05, 0.1) is 10.6 Å². The Labute approximate surface area is 176 Å². The first-order valence-corrected chi connectivity index (χ1v) is 11.5. The number of rotatable bonds is 8. The molecule has 0 saturated carbocycles. The molecule has 0 aliphatic carbocycles. The second-order valence-electron chi connectivity index (χ2n) is 7.57. The van der Waals surface area contributed by atoms with E-state index in [1.54, 1.807) is 18.2 Å². The summed E-state index contributed by atoms with van der Waals surface area (Å²) in [6.07, 6.45) is 0. The molecule has 0 radical (unpaired) electrons. The van der Waals surface area contributed by atoms with E-state index >= 15 is 0 Å². The number of carbonyl (C=O) groups excluding carboxylic acids is 1. The number of nitrogens with one attached hydrogen (secondary N) is 1. The van der Waals surface area contributed by atoms with E-state index < -0.39 is 10.0 Å². The molecule has 0 aliphatic rings. The van der Waals surface area contributed by atoms with Gasteiger partial charge in [-0.15, -0.1) is 0 Å². The highest BCUT2D eigenvalue weighted by atomic mass is 79.9. The van der Waals surface area contributed by atoms with Crippen molar-refractivity contribution in [2.45, 2.75) is 32.6 Å². The van der Waals surface area contributed by atoms with Crippen molar-refractivity contribution in [1.82, 2.24) is 4.31 Å². The van der Waals surface area contributed by atoms with Gasteiger partial charge in [-0.1, -0.05) is 39.8 Å². The maximum absolute atomic E-state index is 13.0. The van der Waals surface area contributed by atoms with Crippen molar-refractivity contribution < 1.29 is 13.2 Å². The van der Waals surface area contributed by atoms with Crippen LogP contribution in [0.15, 0.2) is 57.9 Å². The molecule has 0 fully saturated rings. The molecule has 2 aromatic carbocycles. The molecule has 152 valence electrons. The van der Waals surface area contributed by atoms with E-state index in [9.17, 15) is 13.2 Å². The molecular formula is C21H27BrN2O3S. The predicted octanol–water partition coefficient (Wildman–Crippen LogP) is 5.00. The third-order valence-corrected chi connectivity index (χ3v) is 6.55. The van der Waals surface area contributed by atoms with Crippen LogP contribution in [0.1, 0.15) is 38.1 Å². The highest BCUT2D eigenvalue weighted by molar-refractivity contribution is 9.10. The minimum atomic E-state index is -3.61. The number of sulfonamides is 1. The van der Waals surface area contributed by atoms with Crippen molar-refractivity contribution in [3.63, 3.8) is 0 Å². The van der Waals surface area contributed by atoms with Gasteiger partial charge < -0.3 is 5.32 Å². The molecule has 0 bridgehead atoms. The standard InChI is InChI=1S/C21H27BrN2O3S/c1-15(2)13-24(14-16(3)4)28(26,27)18-11-9-17(10-12-18)21(25)23-20-8-6-5-7-19(20)22/h5-12,15-16H,13-14H2,1-4H3,(H,23,25). The molecule has 0 atom stereocenters. The third kappa shape index (κ3) is 5.90. The predicted molar refractivity (Wildman–Crippen MR) is 117 cm³/mol. The van der Waals surface area contributed by atoms with Crippen molar-refractivity contribution in [3.05, 3.63) is 58.6 Å². The summed E-state index contributed by atoms with van der Waals surface area (Å²) < 4.78 is 28.4. The number of anilines is 1. The molecule has 2 aromatic rings. The Morgan fingerprint density at radius 3 is 2.00 bits per heavy atom. The molecule has 2 rings (SSSR count). The lowest BCUT2D eigenvalue weighted by atomic mass is 10.2. The van der Waals surface area contributed by atoms with Crippen molar-refractivity contribution in [2.75, 3.05) is 18.4 Å². The van der Waals surface area contributed by atoms with Gasteiger partial charge in [0.2, 0.25) is 10.0 Å². The molecule has 7 heteroatoms. The number of halogens is 1. The Morgan fingerprint density at radius 2 is 1.50 bits per heavy atom. The lowest BCUT2D eigenvalue weighted by Crippen LogP contribution is -2.37. The van der Waals surface area contributed by atoms with E-state index in [2.05, 4.69) is 21.2 Å². The van der Waals surface area contributed by atoms with Crippen LogP contribution >= 0.6 is 15.9 Å². The lowest BCUT2D eigenvalue weighted by molar-refractivity contribution is 0.102. The maximum Gasteiger partial charge on any atom is 0.255 e. The quantitative estimate of drug-likeness (QED) is 0.594. The fourth-order valence-corrected chi connectivity index (χ4v) is 4.92. The fourth-order valence-electron chi connectivity index (χ4n) is 2.77. The minimum absolute atomic E-state index is 0.200. The zero-order valence-electron chi connectivity index (χ0n) is 16.6. The van der Waals surface area contributed by atoms with E-state index in [-0.39, 0.29) is 22.6 Å². The first-order valence-electron chi connectivity index (χ1n) is 9.27. The topological polar surface area (TPSA) is 66.5 Å². The second kappa shape index (κ2) is 9.67. The molecule has 0 heterocycles.